The van der Waals surface area contributed by atoms with Gasteiger partial charge in [-0.15, -0.1) is 11.8 Å². The first-order valence-electron chi connectivity index (χ1n) is 6.40. The van der Waals surface area contributed by atoms with E-state index in [1.807, 2.05) is 6.92 Å². The van der Waals surface area contributed by atoms with E-state index in [9.17, 15) is 9.59 Å². The number of nitrogens with one attached hydrogen (secondary N) is 2. The first-order valence-corrected chi connectivity index (χ1v) is 7.38. The third-order valence-corrected chi connectivity index (χ3v) is 3.79. The summed E-state index contributed by atoms with van der Waals surface area (Å²) in [5.74, 6) is 0.820. The molecule has 114 valence electrons. The molecule has 0 bridgehead atoms. The van der Waals surface area contributed by atoms with Gasteiger partial charge in [0.1, 0.15) is 5.76 Å². The van der Waals surface area contributed by atoms with Gasteiger partial charge < -0.3 is 15.4 Å². The molecule has 0 aromatic rings. The van der Waals surface area contributed by atoms with Crippen molar-refractivity contribution in [2.24, 2.45) is 0 Å². The summed E-state index contributed by atoms with van der Waals surface area (Å²) in [5, 5.41) is 5.61. The average Bonchev–Trinajstić information content (AvgIpc) is 2.38. The van der Waals surface area contributed by atoms with Crippen molar-refractivity contribution in [1.82, 2.24) is 10.6 Å². The van der Waals surface area contributed by atoms with Gasteiger partial charge in [-0.2, -0.15) is 0 Å². The van der Waals surface area contributed by atoms with Gasteiger partial charge in [0.15, 0.2) is 0 Å². The molecule has 2 amide bonds. The zero-order chi connectivity index (χ0) is 15.7. The van der Waals surface area contributed by atoms with E-state index in [4.69, 9.17) is 4.74 Å². The van der Waals surface area contributed by atoms with Crippen molar-refractivity contribution in [3.05, 3.63) is 23.8 Å². The van der Waals surface area contributed by atoms with Gasteiger partial charge in [0, 0.05) is 24.5 Å². The van der Waals surface area contributed by atoms with Crippen molar-refractivity contribution in [2.45, 2.75) is 39.3 Å². The van der Waals surface area contributed by atoms with Crippen LogP contribution in [0.25, 0.3) is 0 Å². The average molecular weight is 300 g/mol. The SMILES string of the molecule is C=C(OC)C(CSC(=C)C(CC)NC(C)=O)NC(C)=O. The third kappa shape index (κ3) is 7.23. The summed E-state index contributed by atoms with van der Waals surface area (Å²) in [6, 6.07) is -0.361. The molecule has 0 saturated carbocycles. The summed E-state index contributed by atoms with van der Waals surface area (Å²) in [7, 11) is 1.52. The summed E-state index contributed by atoms with van der Waals surface area (Å²) >= 11 is 1.48. The summed E-state index contributed by atoms with van der Waals surface area (Å²) in [6.45, 7) is 12.7. The molecule has 20 heavy (non-hydrogen) atoms. The number of carbonyl (C=O) groups excluding carboxylic acids is 2. The number of hydrogen-bond acceptors (Lipinski definition) is 4. The predicted molar refractivity (Wildman–Crippen MR) is 83.2 cm³/mol. The zero-order valence-electron chi connectivity index (χ0n) is 12.6. The van der Waals surface area contributed by atoms with Crippen molar-refractivity contribution < 1.29 is 14.3 Å². The van der Waals surface area contributed by atoms with Gasteiger partial charge in [0.05, 0.1) is 19.2 Å². The highest BCUT2D eigenvalue weighted by Crippen LogP contribution is 2.22. The van der Waals surface area contributed by atoms with Crippen LogP contribution < -0.4 is 10.6 Å². The largest absolute Gasteiger partial charge is 0.500 e. The Balaban J connectivity index is 4.52. The van der Waals surface area contributed by atoms with Crippen LogP contribution in [0, 0.1) is 0 Å². The number of hydrogen-bond donors (Lipinski definition) is 2. The van der Waals surface area contributed by atoms with Gasteiger partial charge in [-0.3, -0.25) is 9.59 Å². The highest BCUT2D eigenvalue weighted by atomic mass is 32.2. The van der Waals surface area contributed by atoms with Crippen LogP contribution in [0.5, 0.6) is 0 Å². The van der Waals surface area contributed by atoms with Crippen LogP contribution in [0.4, 0.5) is 0 Å². The van der Waals surface area contributed by atoms with E-state index < -0.39 is 0 Å². The molecular weight excluding hydrogens is 276 g/mol. The molecule has 2 unspecified atom stereocenters. The lowest BCUT2D eigenvalue weighted by molar-refractivity contribution is -0.120. The molecule has 0 aliphatic heterocycles. The van der Waals surface area contributed by atoms with E-state index in [-0.39, 0.29) is 23.9 Å². The molecule has 0 radical (unpaired) electrons. The normalized spacial score (nSPS) is 13.0. The van der Waals surface area contributed by atoms with Gasteiger partial charge in [0.25, 0.3) is 0 Å². The van der Waals surface area contributed by atoms with Crippen LogP contribution >= 0.6 is 11.8 Å². The van der Waals surface area contributed by atoms with Crippen LogP contribution in [0.1, 0.15) is 27.2 Å². The lowest BCUT2D eigenvalue weighted by Crippen LogP contribution is -2.38. The van der Waals surface area contributed by atoms with Crippen LogP contribution in [-0.2, 0) is 14.3 Å². The third-order valence-electron chi connectivity index (χ3n) is 2.64. The summed E-state index contributed by atoms with van der Waals surface area (Å²) in [6.07, 6.45) is 0.765. The Hall–Kier alpha value is -1.43. The first kappa shape index (κ1) is 18.6. The van der Waals surface area contributed by atoms with Crippen molar-refractivity contribution >= 4 is 23.6 Å². The second kappa shape index (κ2) is 9.47. The van der Waals surface area contributed by atoms with E-state index in [0.29, 0.717) is 11.5 Å². The smallest absolute Gasteiger partial charge is 0.217 e. The molecule has 0 rings (SSSR count). The van der Waals surface area contributed by atoms with Crippen LogP contribution in [0.2, 0.25) is 0 Å². The molecular formula is C14H24N2O3S. The predicted octanol–water partition coefficient (Wildman–Crippen LogP) is 1.81. The van der Waals surface area contributed by atoms with Crippen LogP contribution in [0.3, 0.4) is 0 Å². The topological polar surface area (TPSA) is 67.4 Å². The minimum absolute atomic E-state index is 0.0775. The lowest BCUT2D eigenvalue weighted by Gasteiger charge is -2.22. The van der Waals surface area contributed by atoms with E-state index in [1.54, 1.807) is 0 Å². The van der Waals surface area contributed by atoms with Gasteiger partial charge in [0.2, 0.25) is 11.8 Å². The molecule has 6 heteroatoms. The number of ether oxygens (including phenoxy) is 1. The van der Waals surface area contributed by atoms with Gasteiger partial charge >= 0.3 is 0 Å². The lowest BCUT2D eigenvalue weighted by atomic mass is 10.2. The Labute approximate surface area is 125 Å². The maximum absolute atomic E-state index is 11.2. The highest BCUT2D eigenvalue weighted by Gasteiger charge is 2.18. The van der Waals surface area contributed by atoms with Crippen LogP contribution in [-0.4, -0.2) is 36.8 Å². The zero-order valence-corrected chi connectivity index (χ0v) is 13.4. The first-order chi connectivity index (χ1) is 9.31. The molecule has 0 fully saturated rings. The Morgan fingerprint density at radius 1 is 1.15 bits per heavy atom. The fraction of sp³-hybridized carbons (Fsp3) is 0.571. The summed E-state index contributed by atoms with van der Waals surface area (Å²) < 4.78 is 5.07. The monoisotopic (exact) mass is 300 g/mol. The number of carbonyl (C=O) groups is 2. The number of thioether (sulfide) groups is 1. The summed E-state index contributed by atoms with van der Waals surface area (Å²) in [5.41, 5.74) is 0. The molecule has 2 N–H and O–H groups in total. The molecule has 0 aromatic carbocycles. The molecule has 0 heterocycles. The minimum atomic E-state index is -0.283. The molecule has 2 atom stereocenters. The molecule has 0 spiro atoms. The molecule has 0 saturated heterocycles. The van der Waals surface area contributed by atoms with Crippen molar-refractivity contribution in [3.8, 4) is 0 Å². The van der Waals surface area contributed by atoms with Gasteiger partial charge in [-0.25, -0.2) is 0 Å². The molecule has 0 aliphatic carbocycles. The minimum Gasteiger partial charge on any atom is -0.500 e. The van der Waals surface area contributed by atoms with Gasteiger partial charge in [-0.05, 0) is 6.42 Å². The standard InChI is InChI=1S/C14H24N2O3S/c1-7-13(15-11(4)17)10(3)20-8-14(9(2)19-6)16-12(5)18/h13-14H,2-3,7-8H2,1,4-6H3,(H,15,17)(H,16,18). The van der Waals surface area contributed by atoms with Gasteiger partial charge in [-0.1, -0.05) is 20.1 Å². The number of amides is 2. The molecule has 5 nitrogen and oxygen atoms in total. The van der Waals surface area contributed by atoms with Crippen molar-refractivity contribution in [1.29, 1.82) is 0 Å². The van der Waals surface area contributed by atoms with E-state index in [2.05, 4.69) is 23.8 Å². The van der Waals surface area contributed by atoms with E-state index in [1.165, 1.54) is 32.7 Å². The maximum atomic E-state index is 11.2. The Bertz CT molecular complexity index is 383. The van der Waals surface area contributed by atoms with E-state index >= 15 is 0 Å². The number of methoxy groups -OCH3 is 1. The fourth-order valence-electron chi connectivity index (χ4n) is 1.55. The quantitative estimate of drug-likeness (QED) is 0.637. The molecule has 0 aromatic heterocycles. The Kier molecular flexibility index (Phi) is 8.79. The fourth-order valence-corrected chi connectivity index (χ4v) is 2.63. The second-order valence-electron chi connectivity index (χ2n) is 4.36. The maximum Gasteiger partial charge on any atom is 0.217 e. The van der Waals surface area contributed by atoms with E-state index in [0.717, 1.165) is 11.3 Å². The van der Waals surface area contributed by atoms with Crippen molar-refractivity contribution in [3.63, 3.8) is 0 Å². The Morgan fingerprint density at radius 3 is 2.05 bits per heavy atom. The Morgan fingerprint density at radius 2 is 1.65 bits per heavy atom. The number of rotatable bonds is 9. The highest BCUT2D eigenvalue weighted by molar-refractivity contribution is 8.03. The van der Waals surface area contributed by atoms with Crippen molar-refractivity contribution in [2.75, 3.05) is 12.9 Å². The van der Waals surface area contributed by atoms with Crippen LogP contribution in [0.15, 0.2) is 23.8 Å². The molecule has 0 aliphatic rings. The second-order valence-corrected chi connectivity index (χ2v) is 5.51. The summed E-state index contributed by atoms with van der Waals surface area (Å²) in [4.78, 5) is 23.1.